The monoisotopic (exact) mass is 222 g/mol. The molecule has 1 atom stereocenters. The van der Waals surface area contributed by atoms with Crippen molar-refractivity contribution in [1.82, 2.24) is 4.90 Å². The standard InChI is InChI=1S/C13H22N2O/c1-2-3-4-5-8-13(16)15-9-6-7-12(10-14)11-15/h1,12H,3-11,14H2. The fraction of sp³-hybridized carbons (Fsp3) is 0.769. The van der Waals surface area contributed by atoms with Crippen LogP contribution in [0.1, 0.15) is 38.5 Å². The van der Waals surface area contributed by atoms with Crippen molar-refractivity contribution in [1.29, 1.82) is 0 Å². The molecule has 0 aromatic rings. The molecule has 1 amide bonds. The van der Waals surface area contributed by atoms with Gasteiger partial charge in [-0.1, -0.05) is 0 Å². The number of likely N-dealkylation sites (tertiary alicyclic amines) is 1. The van der Waals surface area contributed by atoms with Gasteiger partial charge in [-0.2, -0.15) is 0 Å². The third kappa shape index (κ3) is 4.24. The van der Waals surface area contributed by atoms with Crippen LogP contribution in [0.25, 0.3) is 0 Å². The van der Waals surface area contributed by atoms with Gasteiger partial charge in [-0.25, -0.2) is 0 Å². The predicted molar refractivity (Wildman–Crippen MR) is 65.7 cm³/mol. The Morgan fingerprint density at radius 1 is 1.50 bits per heavy atom. The lowest BCUT2D eigenvalue weighted by atomic mass is 9.98. The SMILES string of the molecule is C#CCCCCC(=O)N1CCCC(CN)C1. The lowest BCUT2D eigenvalue weighted by Crippen LogP contribution is -2.41. The van der Waals surface area contributed by atoms with E-state index in [0.29, 0.717) is 18.9 Å². The quantitative estimate of drug-likeness (QED) is 0.564. The molecule has 90 valence electrons. The number of piperidine rings is 1. The van der Waals surface area contributed by atoms with Crippen molar-refractivity contribution in [3.8, 4) is 12.3 Å². The van der Waals surface area contributed by atoms with Gasteiger partial charge in [0.25, 0.3) is 0 Å². The smallest absolute Gasteiger partial charge is 0.222 e. The number of unbranched alkanes of at least 4 members (excludes halogenated alkanes) is 2. The minimum atomic E-state index is 0.273. The first-order valence-electron chi connectivity index (χ1n) is 6.19. The summed E-state index contributed by atoms with van der Waals surface area (Å²) < 4.78 is 0. The highest BCUT2D eigenvalue weighted by Gasteiger charge is 2.21. The van der Waals surface area contributed by atoms with Crippen molar-refractivity contribution in [2.45, 2.75) is 38.5 Å². The van der Waals surface area contributed by atoms with E-state index in [1.807, 2.05) is 4.90 Å². The van der Waals surface area contributed by atoms with Gasteiger partial charge in [-0.3, -0.25) is 4.79 Å². The lowest BCUT2D eigenvalue weighted by Gasteiger charge is -2.32. The van der Waals surface area contributed by atoms with E-state index in [0.717, 1.165) is 45.2 Å². The number of amides is 1. The van der Waals surface area contributed by atoms with E-state index in [-0.39, 0.29) is 5.91 Å². The second-order valence-electron chi connectivity index (χ2n) is 4.49. The number of terminal acetylenes is 1. The highest BCUT2D eigenvalue weighted by molar-refractivity contribution is 5.76. The van der Waals surface area contributed by atoms with Crippen LogP contribution in [0, 0.1) is 18.3 Å². The van der Waals surface area contributed by atoms with E-state index in [1.165, 1.54) is 0 Å². The molecule has 1 fully saturated rings. The van der Waals surface area contributed by atoms with Gasteiger partial charge >= 0.3 is 0 Å². The van der Waals surface area contributed by atoms with Crippen molar-refractivity contribution in [3.63, 3.8) is 0 Å². The molecule has 2 N–H and O–H groups in total. The zero-order valence-corrected chi connectivity index (χ0v) is 9.95. The van der Waals surface area contributed by atoms with Crippen LogP contribution in [-0.4, -0.2) is 30.4 Å². The minimum Gasteiger partial charge on any atom is -0.342 e. The minimum absolute atomic E-state index is 0.273. The van der Waals surface area contributed by atoms with Gasteiger partial charge < -0.3 is 10.6 Å². The third-order valence-electron chi connectivity index (χ3n) is 3.17. The maximum atomic E-state index is 11.9. The zero-order valence-electron chi connectivity index (χ0n) is 9.95. The summed E-state index contributed by atoms with van der Waals surface area (Å²) >= 11 is 0. The van der Waals surface area contributed by atoms with Crippen LogP contribution in [0.4, 0.5) is 0 Å². The first kappa shape index (κ1) is 13.1. The summed E-state index contributed by atoms with van der Waals surface area (Å²) in [6, 6.07) is 0. The van der Waals surface area contributed by atoms with Crippen LogP contribution in [0.2, 0.25) is 0 Å². The molecule has 0 radical (unpaired) electrons. The third-order valence-corrected chi connectivity index (χ3v) is 3.17. The summed E-state index contributed by atoms with van der Waals surface area (Å²) in [4.78, 5) is 13.8. The molecule has 16 heavy (non-hydrogen) atoms. The number of hydrogen-bond donors (Lipinski definition) is 1. The van der Waals surface area contributed by atoms with Gasteiger partial charge in [0.2, 0.25) is 5.91 Å². The first-order chi connectivity index (χ1) is 7.77. The molecule has 1 unspecified atom stereocenters. The Bertz CT molecular complexity index is 257. The Balaban J connectivity index is 2.22. The largest absolute Gasteiger partial charge is 0.342 e. The summed E-state index contributed by atoms with van der Waals surface area (Å²) in [5.41, 5.74) is 5.65. The molecule has 1 heterocycles. The second kappa shape index (κ2) is 7.29. The van der Waals surface area contributed by atoms with Crippen LogP contribution >= 0.6 is 0 Å². The molecule has 3 nitrogen and oxygen atoms in total. The van der Waals surface area contributed by atoms with Gasteiger partial charge in [0.05, 0.1) is 0 Å². The zero-order chi connectivity index (χ0) is 11.8. The van der Waals surface area contributed by atoms with E-state index in [1.54, 1.807) is 0 Å². The Morgan fingerprint density at radius 2 is 2.31 bits per heavy atom. The van der Waals surface area contributed by atoms with Crippen LogP contribution in [-0.2, 0) is 4.79 Å². The summed E-state index contributed by atoms with van der Waals surface area (Å²) in [7, 11) is 0. The molecule has 0 aliphatic carbocycles. The Kier molecular flexibility index (Phi) is 5.95. The van der Waals surface area contributed by atoms with Crippen molar-refractivity contribution in [3.05, 3.63) is 0 Å². The van der Waals surface area contributed by atoms with E-state index in [4.69, 9.17) is 12.2 Å². The summed E-state index contributed by atoms with van der Waals surface area (Å²) in [6.07, 6.45) is 10.7. The molecule has 0 aromatic heterocycles. The lowest BCUT2D eigenvalue weighted by molar-refractivity contribution is -0.133. The Hall–Kier alpha value is -1.01. The van der Waals surface area contributed by atoms with Gasteiger partial charge in [-0.05, 0) is 38.1 Å². The molecule has 0 bridgehead atoms. The number of carbonyl (C=O) groups is 1. The number of carbonyl (C=O) groups excluding carboxylic acids is 1. The molecule has 1 aliphatic rings. The number of nitrogens with two attached hydrogens (primary N) is 1. The summed E-state index contributed by atoms with van der Waals surface area (Å²) in [5.74, 6) is 3.37. The fourth-order valence-corrected chi connectivity index (χ4v) is 2.15. The van der Waals surface area contributed by atoms with E-state index in [9.17, 15) is 4.79 Å². The molecule has 1 aliphatic heterocycles. The van der Waals surface area contributed by atoms with Crippen molar-refractivity contribution in [2.24, 2.45) is 11.7 Å². The van der Waals surface area contributed by atoms with Crippen LogP contribution in [0.15, 0.2) is 0 Å². The van der Waals surface area contributed by atoms with Gasteiger partial charge in [0.1, 0.15) is 0 Å². The van der Waals surface area contributed by atoms with Crippen LogP contribution < -0.4 is 5.73 Å². The Labute approximate surface area is 98.4 Å². The average Bonchev–Trinajstić information content (AvgIpc) is 2.34. The molecule has 3 heteroatoms. The highest BCUT2D eigenvalue weighted by atomic mass is 16.2. The number of hydrogen-bond acceptors (Lipinski definition) is 2. The van der Waals surface area contributed by atoms with Gasteiger partial charge in [0.15, 0.2) is 0 Å². The predicted octanol–water partition coefficient (Wildman–Crippen LogP) is 1.38. The number of rotatable bonds is 5. The van der Waals surface area contributed by atoms with E-state index >= 15 is 0 Å². The molecule has 0 spiro atoms. The maximum Gasteiger partial charge on any atom is 0.222 e. The molecular weight excluding hydrogens is 200 g/mol. The molecule has 0 saturated carbocycles. The average molecular weight is 222 g/mol. The topological polar surface area (TPSA) is 46.3 Å². The van der Waals surface area contributed by atoms with Crippen LogP contribution in [0.3, 0.4) is 0 Å². The van der Waals surface area contributed by atoms with Crippen molar-refractivity contribution >= 4 is 5.91 Å². The van der Waals surface area contributed by atoms with E-state index in [2.05, 4.69) is 5.92 Å². The highest BCUT2D eigenvalue weighted by Crippen LogP contribution is 2.16. The number of nitrogens with zero attached hydrogens (tertiary/aromatic N) is 1. The Morgan fingerprint density at radius 3 is 3.00 bits per heavy atom. The van der Waals surface area contributed by atoms with Gasteiger partial charge in [0, 0.05) is 25.9 Å². The van der Waals surface area contributed by atoms with Crippen molar-refractivity contribution in [2.75, 3.05) is 19.6 Å². The van der Waals surface area contributed by atoms with Crippen molar-refractivity contribution < 1.29 is 4.79 Å². The maximum absolute atomic E-state index is 11.9. The second-order valence-corrected chi connectivity index (χ2v) is 4.49. The van der Waals surface area contributed by atoms with Gasteiger partial charge in [-0.15, -0.1) is 12.3 Å². The molecule has 0 aromatic carbocycles. The fourth-order valence-electron chi connectivity index (χ4n) is 2.15. The normalized spacial score (nSPS) is 20.5. The van der Waals surface area contributed by atoms with E-state index < -0.39 is 0 Å². The molecule has 1 saturated heterocycles. The van der Waals surface area contributed by atoms with Crippen LogP contribution in [0.5, 0.6) is 0 Å². The summed E-state index contributed by atoms with van der Waals surface area (Å²) in [6.45, 7) is 2.45. The first-order valence-corrected chi connectivity index (χ1v) is 6.19. The molecular formula is C13H22N2O. The summed E-state index contributed by atoms with van der Waals surface area (Å²) in [5, 5.41) is 0. The molecule has 1 rings (SSSR count).